The number of hydrogen-bond acceptors (Lipinski definition) is 3. The molecule has 0 saturated carbocycles. The summed E-state index contributed by atoms with van der Waals surface area (Å²) in [4.78, 5) is 12.3. The van der Waals surface area contributed by atoms with Crippen LogP contribution in [0, 0.1) is 0 Å². The highest BCUT2D eigenvalue weighted by molar-refractivity contribution is 6.01. The van der Waals surface area contributed by atoms with E-state index >= 15 is 0 Å². The number of anilines is 1. The number of para-hydroxylation sites is 1. The van der Waals surface area contributed by atoms with Gasteiger partial charge in [0.05, 0.1) is 24.9 Å². The summed E-state index contributed by atoms with van der Waals surface area (Å²) in [5.41, 5.74) is 2.81. The monoisotopic (exact) mass is 353 g/mol. The molecule has 136 valence electrons. The van der Waals surface area contributed by atoms with Crippen molar-refractivity contribution in [3.8, 4) is 5.75 Å². The third-order valence-corrected chi connectivity index (χ3v) is 4.16. The fourth-order valence-electron chi connectivity index (χ4n) is 2.85. The molecule has 0 atom stereocenters. The molecular formula is C20H23N3O3. The Morgan fingerprint density at radius 3 is 2.77 bits per heavy atom. The van der Waals surface area contributed by atoms with Gasteiger partial charge in [-0.15, -0.1) is 0 Å². The van der Waals surface area contributed by atoms with Crippen LogP contribution in [0.4, 0.5) is 10.5 Å². The number of hydrogen-bond donors (Lipinski definition) is 2. The Hall–Kier alpha value is -2.99. The van der Waals surface area contributed by atoms with Crippen molar-refractivity contribution in [1.29, 1.82) is 0 Å². The van der Waals surface area contributed by atoms with Crippen LogP contribution in [0.15, 0.2) is 54.7 Å². The fraction of sp³-hybridized carbons (Fsp3) is 0.250. The minimum absolute atomic E-state index is 0.248. The molecule has 0 bridgehead atoms. The molecule has 0 saturated heterocycles. The molecule has 3 rings (SSSR count). The maximum atomic E-state index is 12.3. The second-order valence-electron chi connectivity index (χ2n) is 5.91. The van der Waals surface area contributed by atoms with E-state index in [2.05, 4.69) is 15.2 Å². The topological polar surface area (TPSA) is 64.5 Å². The van der Waals surface area contributed by atoms with Gasteiger partial charge in [0.15, 0.2) is 0 Å². The third-order valence-electron chi connectivity index (χ3n) is 4.16. The van der Waals surface area contributed by atoms with E-state index in [-0.39, 0.29) is 6.03 Å². The van der Waals surface area contributed by atoms with Gasteiger partial charge in [-0.2, -0.15) is 0 Å². The Kier molecular flexibility index (Phi) is 5.76. The molecule has 2 aromatic carbocycles. The highest BCUT2D eigenvalue weighted by Gasteiger charge is 2.10. The summed E-state index contributed by atoms with van der Waals surface area (Å²) < 4.78 is 12.4. The van der Waals surface area contributed by atoms with Crippen LogP contribution in [-0.4, -0.2) is 31.4 Å². The van der Waals surface area contributed by atoms with E-state index in [1.807, 2.05) is 54.7 Å². The van der Waals surface area contributed by atoms with Gasteiger partial charge >= 0.3 is 6.03 Å². The van der Waals surface area contributed by atoms with Gasteiger partial charge < -0.3 is 24.7 Å². The number of urea groups is 1. The van der Waals surface area contributed by atoms with Crippen molar-refractivity contribution in [1.82, 2.24) is 9.88 Å². The number of fused-ring (bicyclic) bond motifs is 1. The number of rotatable bonds is 7. The summed E-state index contributed by atoms with van der Waals surface area (Å²) >= 11 is 0. The van der Waals surface area contributed by atoms with Crippen LogP contribution in [0.1, 0.15) is 5.56 Å². The first-order valence-electron chi connectivity index (χ1n) is 8.46. The molecule has 1 aromatic heterocycles. The number of amides is 2. The minimum Gasteiger partial charge on any atom is -0.497 e. The Morgan fingerprint density at radius 1 is 1.12 bits per heavy atom. The molecule has 0 spiro atoms. The molecule has 0 fully saturated rings. The molecule has 0 unspecified atom stereocenters. The van der Waals surface area contributed by atoms with Gasteiger partial charge in [0.25, 0.3) is 0 Å². The predicted molar refractivity (Wildman–Crippen MR) is 103 cm³/mol. The normalized spacial score (nSPS) is 10.7. The minimum atomic E-state index is -0.248. The first-order valence-corrected chi connectivity index (χ1v) is 8.46. The summed E-state index contributed by atoms with van der Waals surface area (Å²) in [6, 6.07) is 15.3. The van der Waals surface area contributed by atoms with Gasteiger partial charge in [0, 0.05) is 31.8 Å². The van der Waals surface area contributed by atoms with Crippen molar-refractivity contribution < 1.29 is 14.3 Å². The molecule has 0 aliphatic rings. The number of benzene rings is 2. The largest absolute Gasteiger partial charge is 0.497 e. The maximum absolute atomic E-state index is 12.3. The maximum Gasteiger partial charge on any atom is 0.319 e. The molecule has 0 aliphatic heterocycles. The van der Waals surface area contributed by atoms with Crippen molar-refractivity contribution in [2.75, 3.05) is 26.1 Å². The summed E-state index contributed by atoms with van der Waals surface area (Å²) in [5.74, 6) is 0.769. The Bertz CT molecular complexity index is 889. The van der Waals surface area contributed by atoms with Crippen LogP contribution in [0.25, 0.3) is 10.9 Å². The molecule has 0 radical (unpaired) electrons. The number of ether oxygens (including phenoxy) is 2. The molecule has 3 aromatic rings. The van der Waals surface area contributed by atoms with Crippen LogP contribution < -0.4 is 15.4 Å². The van der Waals surface area contributed by atoms with Crippen molar-refractivity contribution in [2.24, 2.45) is 0 Å². The number of nitrogens with zero attached hydrogens (tertiary/aromatic N) is 1. The zero-order valence-corrected chi connectivity index (χ0v) is 15.0. The standard InChI is InChI=1S/C20H23N3O3/c1-25-11-10-23-14-18(17-8-3-4-9-19(17)23)22-20(24)21-13-15-6-5-7-16(12-15)26-2/h3-9,12,14H,10-11,13H2,1-2H3,(H2,21,22,24). The van der Waals surface area contributed by atoms with Gasteiger partial charge in [-0.3, -0.25) is 0 Å². The SMILES string of the molecule is COCCn1cc(NC(=O)NCc2cccc(OC)c2)c2ccccc21. The van der Waals surface area contributed by atoms with E-state index in [1.165, 1.54) is 0 Å². The first kappa shape index (κ1) is 17.8. The van der Waals surface area contributed by atoms with Gasteiger partial charge in [0.1, 0.15) is 5.75 Å². The fourth-order valence-corrected chi connectivity index (χ4v) is 2.85. The van der Waals surface area contributed by atoms with Gasteiger partial charge in [-0.05, 0) is 23.8 Å². The quantitative estimate of drug-likeness (QED) is 0.682. The van der Waals surface area contributed by atoms with Crippen molar-refractivity contribution in [3.05, 3.63) is 60.3 Å². The average molecular weight is 353 g/mol. The molecule has 6 nitrogen and oxygen atoms in total. The van der Waals surface area contributed by atoms with E-state index in [9.17, 15) is 4.79 Å². The highest BCUT2D eigenvalue weighted by Crippen LogP contribution is 2.25. The molecule has 2 N–H and O–H groups in total. The molecule has 0 aliphatic carbocycles. The molecule has 1 heterocycles. The highest BCUT2D eigenvalue weighted by atomic mass is 16.5. The first-order chi connectivity index (χ1) is 12.7. The van der Waals surface area contributed by atoms with Gasteiger partial charge in [-0.25, -0.2) is 4.79 Å². The van der Waals surface area contributed by atoms with Crippen molar-refractivity contribution in [3.63, 3.8) is 0 Å². The van der Waals surface area contributed by atoms with E-state index in [0.29, 0.717) is 13.2 Å². The average Bonchev–Trinajstić information content (AvgIpc) is 3.02. The Labute approximate surface area is 152 Å². The smallest absolute Gasteiger partial charge is 0.319 e. The number of nitrogens with one attached hydrogen (secondary N) is 2. The van der Waals surface area contributed by atoms with E-state index in [0.717, 1.165) is 34.4 Å². The summed E-state index contributed by atoms with van der Waals surface area (Å²) in [6.07, 6.45) is 1.94. The van der Waals surface area contributed by atoms with E-state index in [4.69, 9.17) is 9.47 Å². The van der Waals surface area contributed by atoms with Crippen molar-refractivity contribution in [2.45, 2.75) is 13.1 Å². The van der Waals surface area contributed by atoms with Crippen LogP contribution in [0.2, 0.25) is 0 Å². The predicted octanol–water partition coefficient (Wildman–Crippen LogP) is 3.62. The molecule has 26 heavy (non-hydrogen) atoms. The number of aromatic nitrogens is 1. The second kappa shape index (κ2) is 8.40. The second-order valence-corrected chi connectivity index (χ2v) is 5.91. The molecular weight excluding hydrogens is 330 g/mol. The summed E-state index contributed by atoms with van der Waals surface area (Å²) in [7, 11) is 3.30. The van der Waals surface area contributed by atoms with E-state index < -0.39 is 0 Å². The zero-order chi connectivity index (χ0) is 18.4. The lowest BCUT2D eigenvalue weighted by Gasteiger charge is -2.08. The molecule has 6 heteroatoms. The number of methoxy groups -OCH3 is 2. The van der Waals surface area contributed by atoms with E-state index in [1.54, 1.807) is 14.2 Å². The summed E-state index contributed by atoms with van der Waals surface area (Å²) in [6.45, 7) is 1.76. The lowest BCUT2D eigenvalue weighted by molar-refractivity contribution is 0.188. The van der Waals surface area contributed by atoms with Gasteiger partial charge in [-0.1, -0.05) is 30.3 Å². The number of carbonyl (C=O) groups is 1. The zero-order valence-electron chi connectivity index (χ0n) is 15.0. The number of carbonyl (C=O) groups excluding carboxylic acids is 1. The lowest BCUT2D eigenvalue weighted by atomic mass is 10.2. The Balaban J connectivity index is 1.68. The summed E-state index contributed by atoms with van der Waals surface area (Å²) in [5, 5.41) is 6.81. The third kappa shape index (κ3) is 4.15. The van der Waals surface area contributed by atoms with Crippen LogP contribution in [0.5, 0.6) is 5.75 Å². The Morgan fingerprint density at radius 2 is 1.96 bits per heavy atom. The van der Waals surface area contributed by atoms with Crippen LogP contribution >= 0.6 is 0 Å². The van der Waals surface area contributed by atoms with Crippen LogP contribution in [-0.2, 0) is 17.8 Å². The molecule has 2 amide bonds. The van der Waals surface area contributed by atoms with Crippen molar-refractivity contribution >= 4 is 22.6 Å². The van der Waals surface area contributed by atoms with Gasteiger partial charge in [0.2, 0.25) is 0 Å². The lowest BCUT2D eigenvalue weighted by Crippen LogP contribution is -2.28. The van der Waals surface area contributed by atoms with Crippen LogP contribution in [0.3, 0.4) is 0 Å².